The molecule has 0 radical (unpaired) electrons. The molecular formula is C15H20BFO3. The Bertz CT molecular complexity index is 544. The fraction of sp³-hybridized carbons (Fsp3) is 0.533. The van der Waals surface area contributed by atoms with E-state index < -0.39 is 24.1 Å². The maximum absolute atomic E-state index is 13.3. The van der Waals surface area contributed by atoms with Crippen molar-refractivity contribution in [2.75, 3.05) is 0 Å². The van der Waals surface area contributed by atoms with Crippen LogP contribution in [0.15, 0.2) is 18.2 Å². The van der Waals surface area contributed by atoms with Gasteiger partial charge in [0.1, 0.15) is 5.82 Å². The second kappa shape index (κ2) is 4.97. The molecule has 20 heavy (non-hydrogen) atoms. The highest BCUT2D eigenvalue weighted by Gasteiger charge is 2.54. The predicted molar refractivity (Wildman–Crippen MR) is 76.7 cm³/mol. The van der Waals surface area contributed by atoms with Crippen LogP contribution < -0.4 is 5.46 Å². The van der Waals surface area contributed by atoms with Crippen molar-refractivity contribution in [1.29, 1.82) is 0 Å². The van der Waals surface area contributed by atoms with Crippen molar-refractivity contribution in [2.45, 2.75) is 52.2 Å². The Labute approximate surface area is 119 Å². The molecule has 0 bridgehead atoms. The molecule has 3 nitrogen and oxygen atoms in total. The Kier molecular flexibility index (Phi) is 3.78. The first kappa shape index (κ1) is 15.2. The monoisotopic (exact) mass is 278 g/mol. The second-order valence-corrected chi connectivity index (χ2v) is 5.95. The average Bonchev–Trinajstić information content (AvgIpc) is 2.60. The van der Waals surface area contributed by atoms with Crippen molar-refractivity contribution >= 4 is 18.4 Å². The van der Waals surface area contributed by atoms with Crippen LogP contribution in [0.4, 0.5) is 4.39 Å². The summed E-state index contributed by atoms with van der Waals surface area (Å²) in [5.74, 6) is -0.635. The Morgan fingerprint density at radius 3 is 2.45 bits per heavy atom. The second-order valence-electron chi connectivity index (χ2n) is 5.95. The third kappa shape index (κ3) is 2.40. The number of Topliss-reactive ketones (excluding diaryl/α,β-unsaturated/α-hetero) is 1. The molecule has 1 aliphatic rings. The lowest BCUT2D eigenvalue weighted by Crippen LogP contribution is -2.44. The van der Waals surface area contributed by atoms with Crippen LogP contribution in [0.2, 0.25) is 0 Å². The zero-order chi connectivity index (χ0) is 15.1. The van der Waals surface area contributed by atoms with Gasteiger partial charge in [-0.05, 0) is 51.7 Å². The summed E-state index contributed by atoms with van der Waals surface area (Å²) in [6.07, 6.45) is 0.785. The number of carbonyl (C=O) groups excluding carboxylic acids is 1. The third-order valence-corrected chi connectivity index (χ3v) is 4.37. The number of hydrogen-bond donors (Lipinski definition) is 0. The molecule has 1 fully saturated rings. The first-order valence-corrected chi connectivity index (χ1v) is 6.86. The number of hydrogen-bond acceptors (Lipinski definition) is 3. The fourth-order valence-electron chi connectivity index (χ4n) is 2.47. The van der Waals surface area contributed by atoms with Crippen molar-refractivity contribution in [3.63, 3.8) is 0 Å². The summed E-state index contributed by atoms with van der Waals surface area (Å²) in [5.41, 5.74) is -0.0232. The minimum absolute atomic E-state index is 0.199. The van der Waals surface area contributed by atoms with Gasteiger partial charge in [-0.3, -0.25) is 4.79 Å². The Hall–Kier alpha value is -1.20. The molecule has 0 spiro atoms. The number of rotatable bonds is 3. The molecule has 0 aliphatic carbocycles. The third-order valence-electron chi connectivity index (χ3n) is 4.37. The SMILES string of the molecule is CCC1(C)OB(c2ccc(F)cc2C(C)=O)OC1(C)C. The minimum Gasteiger partial charge on any atom is -0.399 e. The lowest BCUT2D eigenvalue weighted by atomic mass is 9.75. The minimum atomic E-state index is -0.644. The normalized spacial score (nSPS) is 25.0. The molecular weight excluding hydrogens is 258 g/mol. The van der Waals surface area contributed by atoms with Gasteiger partial charge in [0.05, 0.1) is 11.2 Å². The van der Waals surface area contributed by atoms with Crippen molar-refractivity contribution in [3.8, 4) is 0 Å². The van der Waals surface area contributed by atoms with E-state index in [2.05, 4.69) is 0 Å². The molecule has 0 saturated carbocycles. The van der Waals surface area contributed by atoms with Crippen LogP contribution in [-0.2, 0) is 9.31 Å². The summed E-state index contributed by atoms with van der Waals surface area (Å²) in [4.78, 5) is 11.7. The van der Waals surface area contributed by atoms with E-state index in [1.165, 1.54) is 19.1 Å². The Morgan fingerprint density at radius 1 is 1.30 bits per heavy atom. The zero-order valence-electron chi connectivity index (χ0n) is 12.6. The maximum atomic E-state index is 13.3. The summed E-state index contributed by atoms with van der Waals surface area (Å²) >= 11 is 0. The molecule has 1 aliphatic heterocycles. The van der Waals surface area contributed by atoms with Crippen molar-refractivity contribution in [2.24, 2.45) is 0 Å². The lowest BCUT2D eigenvalue weighted by Gasteiger charge is -2.35. The first-order valence-electron chi connectivity index (χ1n) is 6.86. The highest BCUT2D eigenvalue weighted by molar-refractivity contribution is 6.63. The van der Waals surface area contributed by atoms with Gasteiger partial charge in [0.15, 0.2) is 5.78 Å². The van der Waals surface area contributed by atoms with Gasteiger partial charge >= 0.3 is 7.12 Å². The zero-order valence-corrected chi connectivity index (χ0v) is 12.6. The highest BCUT2D eigenvalue weighted by Crippen LogP contribution is 2.39. The molecule has 0 aromatic heterocycles. The van der Waals surface area contributed by atoms with Crippen LogP contribution in [0.5, 0.6) is 0 Å². The van der Waals surface area contributed by atoms with Crippen molar-refractivity contribution in [3.05, 3.63) is 29.6 Å². The molecule has 1 heterocycles. The van der Waals surface area contributed by atoms with Gasteiger partial charge in [0.25, 0.3) is 0 Å². The summed E-state index contributed by atoms with van der Waals surface area (Å²) in [6.45, 7) is 9.37. The lowest BCUT2D eigenvalue weighted by molar-refractivity contribution is -0.0118. The summed E-state index contributed by atoms with van der Waals surface area (Å²) in [6, 6.07) is 4.12. The molecule has 1 aromatic carbocycles. The van der Waals surface area contributed by atoms with E-state index in [0.717, 1.165) is 6.42 Å². The maximum Gasteiger partial charge on any atom is 0.495 e. The average molecular weight is 278 g/mol. The Morgan fingerprint density at radius 2 is 1.95 bits per heavy atom. The standard InChI is InChI=1S/C15H20BFO3/c1-6-15(5)14(3,4)19-16(20-15)13-8-7-11(17)9-12(13)10(2)18/h7-9H,6H2,1-5H3. The van der Waals surface area contributed by atoms with E-state index in [9.17, 15) is 9.18 Å². The smallest absolute Gasteiger partial charge is 0.399 e. The molecule has 1 unspecified atom stereocenters. The summed E-state index contributed by atoms with van der Waals surface area (Å²) in [7, 11) is -0.644. The van der Waals surface area contributed by atoms with Crippen LogP contribution in [0.3, 0.4) is 0 Å². The fourth-order valence-corrected chi connectivity index (χ4v) is 2.47. The quantitative estimate of drug-likeness (QED) is 0.630. The van der Waals surface area contributed by atoms with Gasteiger partial charge in [0, 0.05) is 5.56 Å². The van der Waals surface area contributed by atoms with E-state index in [-0.39, 0.29) is 5.78 Å². The summed E-state index contributed by atoms with van der Waals surface area (Å²) < 4.78 is 25.3. The predicted octanol–water partition coefficient (Wildman–Crippen LogP) is 2.72. The van der Waals surface area contributed by atoms with Gasteiger partial charge in [-0.15, -0.1) is 0 Å². The van der Waals surface area contributed by atoms with Crippen LogP contribution in [0.25, 0.3) is 0 Å². The first-order chi connectivity index (χ1) is 9.20. The molecule has 0 amide bonds. The van der Waals surface area contributed by atoms with E-state index in [4.69, 9.17) is 9.31 Å². The molecule has 1 saturated heterocycles. The van der Waals surface area contributed by atoms with E-state index >= 15 is 0 Å². The van der Waals surface area contributed by atoms with Crippen LogP contribution in [-0.4, -0.2) is 24.1 Å². The number of ketones is 1. The van der Waals surface area contributed by atoms with Gasteiger partial charge in [-0.1, -0.05) is 13.0 Å². The molecule has 0 N–H and O–H groups in total. The molecule has 2 rings (SSSR count). The number of halogens is 1. The molecule has 5 heteroatoms. The van der Waals surface area contributed by atoms with Gasteiger partial charge in [0.2, 0.25) is 0 Å². The van der Waals surface area contributed by atoms with Gasteiger partial charge in [-0.2, -0.15) is 0 Å². The van der Waals surface area contributed by atoms with Crippen LogP contribution in [0.1, 0.15) is 51.4 Å². The largest absolute Gasteiger partial charge is 0.495 e. The Balaban J connectivity index is 2.42. The van der Waals surface area contributed by atoms with E-state index in [1.807, 2.05) is 27.7 Å². The molecule has 1 aromatic rings. The number of carbonyl (C=O) groups is 1. The van der Waals surface area contributed by atoms with E-state index in [1.54, 1.807) is 6.07 Å². The highest BCUT2D eigenvalue weighted by atomic mass is 19.1. The van der Waals surface area contributed by atoms with Gasteiger partial charge < -0.3 is 9.31 Å². The van der Waals surface area contributed by atoms with Gasteiger partial charge in [-0.25, -0.2) is 4.39 Å². The van der Waals surface area contributed by atoms with Crippen molar-refractivity contribution in [1.82, 2.24) is 0 Å². The number of benzene rings is 1. The van der Waals surface area contributed by atoms with E-state index in [0.29, 0.717) is 11.0 Å². The topological polar surface area (TPSA) is 35.5 Å². The van der Waals surface area contributed by atoms with Crippen LogP contribution in [0, 0.1) is 5.82 Å². The molecule has 1 atom stereocenters. The van der Waals surface area contributed by atoms with Crippen molar-refractivity contribution < 1.29 is 18.5 Å². The molecule has 108 valence electrons. The summed E-state index contributed by atoms with van der Waals surface area (Å²) in [5, 5.41) is 0. The van der Waals surface area contributed by atoms with Crippen LogP contribution >= 0.6 is 0 Å².